The van der Waals surface area contributed by atoms with Gasteiger partial charge in [0.25, 0.3) is 0 Å². The molecule has 0 bridgehead atoms. The molecule has 0 fully saturated rings. The lowest BCUT2D eigenvalue weighted by Gasteiger charge is -2.13. The largest absolute Gasteiger partial charge is 0.489 e. The van der Waals surface area contributed by atoms with Gasteiger partial charge in [0, 0.05) is 15.8 Å². The molecule has 0 spiro atoms. The van der Waals surface area contributed by atoms with Crippen LogP contribution in [0.25, 0.3) is 20.2 Å². The Hall–Kier alpha value is -2.14. The summed E-state index contributed by atoms with van der Waals surface area (Å²) in [4.78, 5) is 12.6. The summed E-state index contributed by atoms with van der Waals surface area (Å²) >= 11 is 2.20. The molecule has 0 saturated heterocycles. The Bertz CT molecular complexity index is 997. The van der Waals surface area contributed by atoms with Crippen molar-refractivity contribution in [2.45, 2.75) is 6.10 Å². The Morgan fingerprint density at radius 3 is 2.92 bits per heavy atom. The predicted molar refractivity (Wildman–Crippen MR) is 95.1 cm³/mol. The van der Waals surface area contributed by atoms with Gasteiger partial charge in [0.15, 0.2) is 5.43 Å². The normalized spacial score (nSPS) is 12.2. The van der Waals surface area contributed by atoms with Gasteiger partial charge in [-0.25, -0.2) is 4.39 Å². The summed E-state index contributed by atoms with van der Waals surface area (Å²) < 4.78 is 20.9. The second-order valence-corrected chi connectivity index (χ2v) is 6.90. The highest BCUT2D eigenvalue weighted by molar-refractivity contribution is 8.03. The van der Waals surface area contributed by atoms with E-state index in [0.717, 1.165) is 16.5 Å². The number of ether oxygens (including phenoxy) is 1. The third-order valence-electron chi connectivity index (χ3n) is 3.41. The van der Waals surface area contributed by atoms with Crippen LogP contribution in [0.1, 0.15) is 0 Å². The Morgan fingerprint density at radius 2 is 2.12 bits per heavy atom. The molecule has 1 unspecified atom stereocenters. The first-order valence-electron chi connectivity index (χ1n) is 7.07. The maximum atomic E-state index is 14.2. The molecule has 4 nitrogen and oxygen atoms in total. The van der Waals surface area contributed by atoms with Gasteiger partial charge in [-0.2, -0.15) is 5.26 Å². The second kappa shape index (κ2) is 7.18. The van der Waals surface area contributed by atoms with Crippen molar-refractivity contribution in [2.75, 3.05) is 12.4 Å². The molecule has 0 saturated carbocycles. The van der Waals surface area contributed by atoms with Crippen LogP contribution in [0.5, 0.6) is 5.75 Å². The number of benzene rings is 2. The van der Waals surface area contributed by atoms with Crippen molar-refractivity contribution >= 4 is 43.3 Å². The molecule has 0 amide bonds. The van der Waals surface area contributed by atoms with E-state index in [9.17, 15) is 14.3 Å². The van der Waals surface area contributed by atoms with Crippen molar-refractivity contribution in [3.8, 4) is 11.2 Å². The molecule has 2 aromatic carbocycles. The molecule has 3 rings (SSSR count). The average Bonchev–Trinajstić information content (AvgIpc) is 2.59. The van der Waals surface area contributed by atoms with Crippen LogP contribution in [0.2, 0.25) is 0 Å². The number of fused-ring (bicyclic) bond motifs is 2. The van der Waals surface area contributed by atoms with E-state index in [1.54, 1.807) is 18.2 Å². The number of aliphatic hydroxyl groups excluding tert-OH is 1. The van der Waals surface area contributed by atoms with E-state index in [1.165, 1.54) is 23.5 Å². The van der Waals surface area contributed by atoms with Crippen LogP contribution in [0.3, 0.4) is 0 Å². The number of aliphatic hydroxyl groups is 1. The van der Waals surface area contributed by atoms with Gasteiger partial charge in [0.1, 0.15) is 23.6 Å². The zero-order valence-corrected chi connectivity index (χ0v) is 14.0. The van der Waals surface area contributed by atoms with Crippen molar-refractivity contribution in [3.05, 3.63) is 52.4 Å². The minimum atomic E-state index is -0.827. The van der Waals surface area contributed by atoms with Gasteiger partial charge in [0.05, 0.1) is 16.2 Å². The first-order valence-corrected chi connectivity index (χ1v) is 8.88. The molecule has 0 radical (unpaired) electrons. The lowest BCUT2D eigenvalue weighted by atomic mass is 10.1. The summed E-state index contributed by atoms with van der Waals surface area (Å²) in [5.41, 5.74) is -0.372. The summed E-state index contributed by atoms with van der Waals surface area (Å²) in [5, 5.41) is 20.6. The summed E-state index contributed by atoms with van der Waals surface area (Å²) in [6, 6.07) is 9.66. The topological polar surface area (TPSA) is 70.3 Å². The second-order valence-electron chi connectivity index (χ2n) is 5.04. The number of hydrogen-bond donors (Lipinski definition) is 1. The van der Waals surface area contributed by atoms with E-state index in [1.807, 2.05) is 11.5 Å². The standard InChI is InChI=1S/C17H12FNO3S2/c18-12-5-6-13(22-7-10(20)8-23-9-19)17-15(12)16(21)11-3-1-2-4-14(11)24-17/h1-6,10,20H,7-8H2. The minimum absolute atomic E-state index is 0.00269. The zero-order chi connectivity index (χ0) is 17.1. The van der Waals surface area contributed by atoms with Gasteiger partial charge in [-0.3, -0.25) is 4.79 Å². The van der Waals surface area contributed by atoms with E-state index in [2.05, 4.69) is 0 Å². The molecule has 3 aromatic rings. The van der Waals surface area contributed by atoms with Gasteiger partial charge in [-0.1, -0.05) is 12.1 Å². The van der Waals surface area contributed by atoms with Gasteiger partial charge >= 0.3 is 0 Å². The van der Waals surface area contributed by atoms with Gasteiger partial charge in [-0.05, 0) is 36.0 Å². The van der Waals surface area contributed by atoms with Crippen LogP contribution < -0.4 is 10.2 Å². The van der Waals surface area contributed by atoms with Gasteiger partial charge < -0.3 is 9.84 Å². The molecule has 0 aliphatic rings. The van der Waals surface area contributed by atoms with Gasteiger partial charge in [0.2, 0.25) is 0 Å². The lowest BCUT2D eigenvalue weighted by molar-refractivity contribution is 0.127. The Labute approximate surface area is 145 Å². The molecule has 1 atom stereocenters. The minimum Gasteiger partial charge on any atom is -0.489 e. The van der Waals surface area contributed by atoms with Crippen molar-refractivity contribution < 1.29 is 14.2 Å². The van der Waals surface area contributed by atoms with Crippen LogP contribution in [0, 0.1) is 16.5 Å². The van der Waals surface area contributed by atoms with Crippen LogP contribution in [0.4, 0.5) is 4.39 Å². The van der Waals surface area contributed by atoms with Gasteiger partial charge in [-0.15, -0.1) is 11.3 Å². The van der Waals surface area contributed by atoms with Crippen molar-refractivity contribution in [1.29, 1.82) is 5.26 Å². The van der Waals surface area contributed by atoms with Crippen LogP contribution >= 0.6 is 23.1 Å². The monoisotopic (exact) mass is 361 g/mol. The third kappa shape index (κ3) is 3.22. The lowest BCUT2D eigenvalue weighted by Crippen LogP contribution is -2.20. The molecule has 1 heterocycles. The van der Waals surface area contributed by atoms with Crippen LogP contribution in [-0.2, 0) is 0 Å². The number of hydrogen-bond acceptors (Lipinski definition) is 6. The first-order chi connectivity index (χ1) is 11.6. The Balaban J connectivity index is 2.05. The molecular formula is C17H12FNO3S2. The Kier molecular flexibility index (Phi) is 5.00. The fraction of sp³-hybridized carbons (Fsp3) is 0.176. The highest BCUT2D eigenvalue weighted by Crippen LogP contribution is 2.33. The predicted octanol–water partition coefficient (Wildman–Crippen LogP) is 3.51. The molecule has 7 heteroatoms. The van der Waals surface area contributed by atoms with Crippen LogP contribution in [-0.4, -0.2) is 23.6 Å². The third-order valence-corrected chi connectivity index (χ3v) is 5.28. The van der Waals surface area contributed by atoms with E-state index in [-0.39, 0.29) is 23.2 Å². The van der Waals surface area contributed by atoms with E-state index >= 15 is 0 Å². The number of thiocyanates is 1. The first kappa shape index (κ1) is 16.7. The quantitative estimate of drug-likeness (QED) is 0.556. The fourth-order valence-electron chi connectivity index (χ4n) is 2.32. The van der Waals surface area contributed by atoms with Crippen molar-refractivity contribution in [3.63, 3.8) is 0 Å². The highest BCUT2D eigenvalue weighted by Gasteiger charge is 2.15. The summed E-state index contributed by atoms with van der Waals surface area (Å²) in [5.74, 6) is -0.0281. The maximum absolute atomic E-state index is 14.2. The zero-order valence-electron chi connectivity index (χ0n) is 12.4. The van der Waals surface area contributed by atoms with Crippen molar-refractivity contribution in [2.24, 2.45) is 0 Å². The number of halogens is 1. The number of rotatable bonds is 5. The summed E-state index contributed by atoms with van der Waals surface area (Å²) in [6.07, 6.45) is -0.827. The molecule has 1 N–H and O–H groups in total. The number of thioether (sulfide) groups is 1. The molecule has 24 heavy (non-hydrogen) atoms. The van der Waals surface area contributed by atoms with Crippen LogP contribution in [0.15, 0.2) is 41.2 Å². The molecular weight excluding hydrogens is 349 g/mol. The number of nitriles is 1. The highest BCUT2D eigenvalue weighted by atomic mass is 32.2. The number of nitrogens with zero attached hydrogens (tertiary/aromatic N) is 1. The smallest absolute Gasteiger partial charge is 0.198 e. The molecule has 0 aliphatic carbocycles. The molecule has 122 valence electrons. The summed E-state index contributed by atoms with van der Waals surface area (Å²) in [6.45, 7) is -0.0385. The Morgan fingerprint density at radius 1 is 1.33 bits per heavy atom. The van der Waals surface area contributed by atoms with E-state index in [0.29, 0.717) is 15.8 Å². The SMILES string of the molecule is N#CSCC(O)COc1ccc(F)c2c(=O)c3ccccc3sc12. The summed E-state index contributed by atoms with van der Waals surface area (Å²) in [7, 11) is 0. The molecule has 0 aliphatic heterocycles. The van der Waals surface area contributed by atoms with Crippen molar-refractivity contribution in [1.82, 2.24) is 0 Å². The maximum Gasteiger partial charge on any atom is 0.198 e. The fourth-order valence-corrected chi connectivity index (χ4v) is 3.84. The van der Waals surface area contributed by atoms with E-state index < -0.39 is 11.9 Å². The van der Waals surface area contributed by atoms with E-state index in [4.69, 9.17) is 10.00 Å². The molecule has 1 aromatic heterocycles. The average molecular weight is 361 g/mol.